The van der Waals surface area contributed by atoms with Gasteiger partial charge in [0.1, 0.15) is 0 Å². The predicted octanol–water partition coefficient (Wildman–Crippen LogP) is 5.10. The van der Waals surface area contributed by atoms with Crippen LogP contribution in [0.2, 0.25) is 0 Å². The molecule has 8 heteroatoms. The third-order valence-corrected chi connectivity index (χ3v) is 8.50. The standard InChI is InChI=1S/C29H33N3O4S/c1-20-17-21(2)19-32(18-20)37(35,36)25-15-13-24(14-16-25)28(33)31-27-12-8-7-11-26(27)29(34)30-22(3)23-9-5-4-6-10-23/h4-16,20-22H,17-19H2,1-3H3,(H,30,34)(H,31,33)/t20-,21-,22+/m1/s1. The topological polar surface area (TPSA) is 95.6 Å². The number of hydrogen-bond donors (Lipinski definition) is 2. The number of amides is 2. The van der Waals surface area contributed by atoms with Gasteiger partial charge < -0.3 is 10.6 Å². The van der Waals surface area contributed by atoms with Crippen molar-refractivity contribution in [1.82, 2.24) is 9.62 Å². The van der Waals surface area contributed by atoms with Gasteiger partial charge in [-0.25, -0.2) is 8.42 Å². The van der Waals surface area contributed by atoms with Crippen LogP contribution in [-0.4, -0.2) is 37.6 Å². The van der Waals surface area contributed by atoms with E-state index in [0.717, 1.165) is 12.0 Å². The van der Waals surface area contributed by atoms with E-state index >= 15 is 0 Å². The highest BCUT2D eigenvalue weighted by atomic mass is 32.2. The fourth-order valence-electron chi connectivity index (χ4n) is 4.81. The van der Waals surface area contributed by atoms with E-state index in [0.29, 0.717) is 41.7 Å². The fourth-order valence-corrected chi connectivity index (χ4v) is 6.49. The van der Waals surface area contributed by atoms with Gasteiger partial charge in [0.25, 0.3) is 11.8 Å². The molecule has 0 radical (unpaired) electrons. The van der Waals surface area contributed by atoms with Gasteiger partial charge in [0.05, 0.1) is 22.2 Å². The number of nitrogens with zero attached hydrogens (tertiary/aromatic N) is 1. The van der Waals surface area contributed by atoms with Crippen LogP contribution in [0.15, 0.2) is 83.8 Å². The van der Waals surface area contributed by atoms with E-state index < -0.39 is 15.9 Å². The van der Waals surface area contributed by atoms with Crippen molar-refractivity contribution in [3.63, 3.8) is 0 Å². The van der Waals surface area contributed by atoms with Gasteiger partial charge in [-0.05, 0) is 67.1 Å². The number of rotatable bonds is 7. The van der Waals surface area contributed by atoms with Crippen molar-refractivity contribution in [1.29, 1.82) is 0 Å². The van der Waals surface area contributed by atoms with Crippen molar-refractivity contribution < 1.29 is 18.0 Å². The predicted molar refractivity (Wildman–Crippen MR) is 145 cm³/mol. The minimum Gasteiger partial charge on any atom is -0.345 e. The molecule has 0 bridgehead atoms. The van der Waals surface area contributed by atoms with Crippen LogP contribution in [-0.2, 0) is 10.0 Å². The van der Waals surface area contributed by atoms with E-state index in [9.17, 15) is 18.0 Å². The third-order valence-electron chi connectivity index (χ3n) is 6.66. The second kappa shape index (κ2) is 11.3. The number of anilines is 1. The first-order valence-electron chi connectivity index (χ1n) is 12.5. The van der Waals surface area contributed by atoms with Gasteiger partial charge in [-0.2, -0.15) is 4.31 Å². The summed E-state index contributed by atoms with van der Waals surface area (Å²) in [6, 6.07) is 22.1. The highest BCUT2D eigenvalue weighted by Crippen LogP contribution is 2.27. The minimum absolute atomic E-state index is 0.167. The zero-order chi connectivity index (χ0) is 26.6. The fraction of sp³-hybridized carbons (Fsp3) is 0.310. The van der Waals surface area contributed by atoms with Crippen molar-refractivity contribution in [3.05, 3.63) is 95.6 Å². The van der Waals surface area contributed by atoms with Gasteiger partial charge >= 0.3 is 0 Å². The first-order chi connectivity index (χ1) is 17.6. The van der Waals surface area contributed by atoms with Crippen molar-refractivity contribution in [3.8, 4) is 0 Å². The maximum absolute atomic E-state index is 13.1. The molecule has 1 aliphatic heterocycles. The molecule has 1 fully saturated rings. The molecule has 0 unspecified atom stereocenters. The van der Waals surface area contributed by atoms with Crippen LogP contribution in [0.4, 0.5) is 5.69 Å². The molecule has 3 aromatic rings. The monoisotopic (exact) mass is 519 g/mol. The Kier molecular flexibility index (Phi) is 8.10. The Morgan fingerprint density at radius 1 is 0.838 bits per heavy atom. The maximum atomic E-state index is 13.1. The number of sulfonamides is 1. The van der Waals surface area contributed by atoms with Crippen LogP contribution in [0.5, 0.6) is 0 Å². The van der Waals surface area contributed by atoms with Crippen LogP contribution in [0.25, 0.3) is 0 Å². The van der Waals surface area contributed by atoms with Crippen molar-refractivity contribution in [2.45, 2.75) is 38.1 Å². The third kappa shape index (κ3) is 6.26. The number of piperidine rings is 1. The molecule has 0 aliphatic carbocycles. The smallest absolute Gasteiger partial charge is 0.255 e. The summed E-state index contributed by atoms with van der Waals surface area (Å²) in [7, 11) is -3.63. The van der Waals surface area contributed by atoms with Crippen molar-refractivity contribution >= 4 is 27.5 Å². The molecular weight excluding hydrogens is 486 g/mol. The molecule has 7 nitrogen and oxygen atoms in total. The van der Waals surface area contributed by atoms with E-state index in [1.807, 2.05) is 37.3 Å². The number of carbonyl (C=O) groups is 2. The normalized spacial score (nSPS) is 19.1. The lowest BCUT2D eigenvalue weighted by molar-refractivity contribution is 0.0940. The van der Waals surface area contributed by atoms with E-state index in [-0.39, 0.29) is 16.8 Å². The highest BCUT2D eigenvalue weighted by Gasteiger charge is 2.31. The molecule has 37 heavy (non-hydrogen) atoms. The Balaban J connectivity index is 1.46. The molecule has 3 atom stereocenters. The maximum Gasteiger partial charge on any atom is 0.255 e. The van der Waals surface area contributed by atoms with Crippen LogP contribution < -0.4 is 10.6 Å². The van der Waals surface area contributed by atoms with Crippen LogP contribution in [0.1, 0.15) is 59.5 Å². The summed E-state index contributed by atoms with van der Waals surface area (Å²) < 4.78 is 27.8. The van der Waals surface area contributed by atoms with Gasteiger partial charge in [-0.15, -0.1) is 0 Å². The Hall–Kier alpha value is -3.49. The summed E-state index contributed by atoms with van der Waals surface area (Å²) >= 11 is 0. The first-order valence-corrected chi connectivity index (χ1v) is 14.0. The van der Waals surface area contributed by atoms with Gasteiger partial charge in [-0.1, -0.05) is 56.3 Å². The molecule has 2 amide bonds. The highest BCUT2D eigenvalue weighted by molar-refractivity contribution is 7.89. The summed E-state index contributed by atoms with van der Waals surface area (Å²) in [5.41, 5.74) is 1.98. The number of carbonyl (C=O) groups excluding carboxylic acids is 2. The zero-order valence-corrected chi connectivity index (χ0v) is 22.2. The Morgan fingerprint density at radius 3 is 2.08 bits per heavy atom. The Labute approximate surface area is 218 Å². The summed E-state index contributed by atoms with van der Waals surface area (Å²) in [5, 5.41) is 5.76. The second-order valence-corrected chi connectivity index (χ2v) is 11.8. The molecule has 1 aliphatic rings. The number of hydrogen-bond acceptors (Lipinski definition) is 4. The largest absolute Gasteiger partial charge is 0.345 e. The molecule has 0 spiro atoms. The lowest BCUT2D eigenvalue weighted by Crippen LogP contribution is -2.42. The Morgan fingerprint density at radius 2 is 1.43 bits per heavy atom. The average molecular weight is 520 g/mol. The molecule has 2 N–H and O–H groups in total. The molecule has 194 valence electrons. The van der Waals surface area contributed by atoms with Gasteiger partial charge in [0.15, 0.2) is 0 Å². The van der Waals surface area contributed by atoms with E-state index in [1.165, 1.54) is 28.6 Å². The van der Waals surface area contributed by atoms with Gasteiger partial charge in [0, 0.05) is 18.7 Å². The SMILES string of the molecule is C[C@@H]1C[C@@H](C)CN(S(=O)(=O)c2ccc(C(=O)Nc3ccccc3C(=O)N[C@@H](C)c3ccccc3)cc2)C1. The molecule has 1 saturated heterocycles. The first kappa shape index (κ1) is 26.6. The Bertz CT molecular complexity index is 1350. The van der Waals surface area contributed by atoms with Gasteiger partial charge in [-0.3, -0.25) is 9.59 Å². The summed E-state index contributed by atoms with van der Waals surface area (Å²) in [5.74, 6) is -0.132. The lowest BCUT2D eigenvalue weighted by atomic mass is 9.94. The molecule has 3 aromatic carbocycles. The number of para-hydroxylation sites is 1. The molecule has 1 heterocycles. The zero-order valence-electron chi connectivity index (χ0n) is 21.3. The van der Waals surface area contributed by atoms with Crippen molar-refractivity contribution in [2.24, 2.45) is 11.8 Å². The molecule has 0 saturated carbocycles. The van der Waals surface area contributed by atoms with Crippen LogP contribution in [0.3, 0.4) is 0 Å². The lowest BCUT2D eigenvalue weighted by Gasteiger charge is -2.34. The number of nitrogens with one attached hydrogen (secondary N) is 2. The van der Waals surface area contributed by atoms with Crippen molar-refractivity contribution in [2.75, 3.05) is 18.4 Å². The van der Waals surface area contributed by atoms with Crippen LogP contribution >= 0.6 is 0 Å². The van der Waals surface area contributed by atoms with E-state index in [2.05, 4.69) is 24.5 Å². The minimum atomic E-state index is -3.63. The van der Waals surface area contributed by atoms with Gasteiger partial charge in [0.2, 0.25) is 10.0 Å². The quantitative estimate of drug-likeness (QED) is 0.454. The summed E-state index contributed by atoms with van der Waals surface area (Å²) in [4.78, 5) is 26.1. The molecule has 0 aromatic heterocycles. The van der Waals surface area contributed by atoms with E-state index in [4.69, 9.17) is 0 Å². The van der Waals surface area contributed by atoms with Crippen LogP contribution in [0, 0.1) is 11.8 Å². The summed E-state index contributed by atoms with van der Waals surface area (Å²) in [6.07, 6.45) is 1.01. The van der Waals surface area contributed by atoms with E-state index in [1.54, 1.807) is 24.3 Å². The second-order valence-electron chi connectivity index (χ2n) is 9.90. The molecular formula is C29H33N3O4S. The number of benzene rings is 3. The summed E-state index contributed by atoms with van der Waals surface area (Å²) in [6.45, 7) is 7.01. The molecule has 4 rings (SSSR count). The average Bonchev–Trinajstić information content (AvgIpc) is 2.89.